The second kappa shape index (κ2) is 19.8. The van der Waals surface area contributed by atoms with Crippen LogP contribution in [0.15, 0.2) is 23.8 Å². The van der Waals surface area contributed by atoms with Crippen LogP contribution in [0.2, 0.25) is 0 Å². The van der Waals surface area contributed by atoms with E-state index >= 15 is 0 Å². The molecule has 4 aliphatic rings. The highest BCUT2D eigenvalue weighted by molar-refractivity contribution is 5.83. The average Bonchev–Trinajstić information content (AvgIpc) is 3.08. The number of carbonyl (C=O) groups is 3. The second-order valence-electron chi connectivity index (χ2n) is 15.9. The normalized spacial score (nSPS) is 36.5. The van der Waals surface area contributed by atoms with E-state index < -0.39 is 59.6 Å². The highest BCUT2D eigenvalue weighted by Crippen LogP contribution is 2.47. The molecule has 52 heavy (non-hydrogen) atoms. The lowest BCUT2D eigenvalue weighted by Gasteiger charge is -2.51. The zero-order valence-corrected chi connectivity index (χ0v) is 32.0. The molecule has 0 unspecified atom stereocenters. The zero-order chi connectivity index (χ0) is 37.9. The summed E-state index contributed by atoms with van der Waals surface area (Å²) < 4.78 is 36.1. The smallest absolute Gasteiger partial charge is 0.330 e. The average molecular weight is 737 g/mol. The van der Waals surface area contributed by atoms with Crippen molar-refractivity contribution in [3.05, 3.63) is 23.8 Å². The van der Waals surface area contributed by atoms with E-state index in [9.17, 15) is 29.7 Å². The predicted molar refractivity (Wildman–Crippen MR) is 192 cm³/mol. The Kier molecular flexibility index (Phi) is 16.2. The number of methoxy groups -OCH3 is 1. The standard InChI is InChI=1S/C40H64O12/c1-6-7-8-9-10-17-35(43)51-38-27(21-36(44)47-5)20-33-25-34(26(2)41)50-37(45)23-28(42)22-30-14-12-16-32(49-30)24-31-15-11-13-29(48-31)18-19-39(3,4)40(38,46)52-33/h18-19,21,26,28-34,38,41-42,46H,6-17,20,22-25H2,1-5H3/b19-18-,27-21+/t26-,28-,29-,30+,31+,32-,33+,34-,38+,40-/m1/s1. The third-order valence-corrected chi connectivity index (χ3v) is 11.0. The lowest BCUT2D eigenvalue weighted by Crippen LogP contribution is -2.62. The van der Waals surface area contributed by atoms with Crippen molar-refractivity contribution < 1.29 is 58.1 Å². The molecule has 12 nitrogen and oxygen atoms in total. The molecular formula is C40H64O12. The molecule has 4 aliphatic heterocycles. The van der Waals surface area contributed by atoms with Crippen molar-refractivity contribution in [3.63, 3.8) is 0 Å². The van der Waals surface area contributed by atoms with Gasteiger partial charge in [0, 0.05) is 30.8 Å². The number of rotatable bonds is 9. The topological polar surface area (TPSA) is 167 Å². The number of hydrogen-bond donors (Lipinski definition) is 3. The van der Waals surface area contributed by atoms with Crippen molar-refractivity contribution in [2.24, 2.45) is 5.41 Å². The molecule has 296 valence electrons. The number of cyclic esters (lactones) is 1. The maximum absolute atomic E-state index is 13.3. The van der Waals surface area contributed by atoms with Gasteiger partial charge in [-0.15, -0.1) is 0 Å². The number of aliphatic hydroxyl groups is 3. The summed E-state index contributed by atoms with van der Waals surface area (Å²) in [6.07, 6.45) is 9.76. The van der Waals surface area contributed by atoms with Gasteiger partial charge in [-0.05, 0) is 70.3 Å². The number of fused-ring (bicyclic) bond motifs is 6. The van der Waals surface area contributed by atoms with Crippen LogP contribution in [-0.4, -0.2) is 101 Å². The van der Waals surface area contributed by atoms with Gasteiger partial charge in [-0.25, -0.2) is 4.79 Å². The molecule has 0 spiro atoms. The lowest BCUT2D eigenvalue weighted by atomic mass is 9.74. The largest absolute Gasteiger partial charge is 0.466 e. The second-order valence-corrected chi connectivity index (χ2v) is 15.9. The molecule has 3 N–H and O–H groups in total. The van der Waals surface area contributed by atoms with Gasteiger partial charge in [-0.1, -0.05) is 58.6 Å². The van der Waals surface area contributed by atoms with Gasteiger partial charge in [0.25, 0.3) is 0 Å². The molecule has 10 atom stereocenters. The molecule has 6 bridgehead atoms. The molecule has 0 saturated carbocycles. The van der Waals surface area contributed by atoms with Crippen molar-refractivity contribution in [2.45, 2.75) is 198 Å². The minimum Gasteiger partial charge on any atom is -0.466 e. The molecule has 0 aromatic carbocycles. The molecule has 4 rings (SSSR count). The Morgan fingerprint density at radius 1 is 0.962 bits per heavy atom. The first kappa shape index (κ1) is 42.4. The quantitative estimate of drug-likeness (QED) is 0.0893. The Bertz CT molecular complexity index is 1230. The number of carbonyl (C=O) groups excluding carboxylic acids is 3. The van der Waals surface area contributed by atoms with E-state index in [1.807, 2.05) is 12.2 Å². The Labute approximate surface area is 309 Å². The molecule has 3 fully saturated rings. The van der Waals surface area contributed by atoms with Gasteiger partial charge in [0.2, 0.25) is 5.79 Å². The molecule has 3 saturated heterocycles. The van der Waals surface area contributed by atoms with Gasteiger partial charge in [0.1, 0.15) is 6.10 Å². The van der Waals surface area contributed by atoms with E-state index in [1.54, 1.807) is 13.8 Å². The van der Waals surface area contributed by atoms with Gasteiger partial charge in [-0.3, -0.25) is 9.59 Å². The van der Waals surface area contributed by atoms with Gasteiger partial charge < -0.3 is 43.7 Å². The van der Waals surface area contributed by atoms with Crippen LogP contribution in [-0.2, 0) is 42.8 Å². The number of unbranched alkanes of at least 4 members (excludes halogenated alkanes) is 4. The highest BCUT2D eigenvalue weighted by atomic mass is 16.7. The van der Waals surface area contributed by atoms with E-state index in [4.69, 9.17) is 28.4 Å². The predicted octanol–water partition coefficient (Wildman–Crippen LogP) is 5.52. The van der Waals surface area contributed by atoms with Gasteiger partial charge >= 0.3 is 17.9 Å². The fraction of sp³-hybridized carbons (Fsp3) is 0.825. The number of esters is 3. The third-order valence-electron chi connectivity index (χ3n) is 11.0. The minimum atomic E-state index is -2.20. The van der Waals surface area contributed by atoms with E-state index in [0.29, 0.717) is 12.8 Å². The summed E-state index contributed by atoms with van der Waals surface area (Å²) in [6.45, 7) is 7.14. The van der Waals surface area contributed by atoms with Gasteiger partial charge in [0.15, 0.2) is 6.10 Å². The summed E-state index contributed by atoms with van der Waals surface area (Å²) in [5, 5.41) is 34.3. The molecule has 4 heterocycles. The van der Waals surface area contributed by atoms with E-state index in [1.165, 1.54) is 20.1 Å². The van der Waals surface area contributed by atoms with Crippen LogP contribution in [0.25, 0.3) is 0 Å². The minimum absolute atomic E-state index is 0.0165. The van der Waals surface area contributed by atoms with Crippen molar-refractivity contribution in [1.82, 2.24) is 0 Å². The first-order valence-electron chi connectivity index (χ1n) is 19.7. The zero-order valence-electron chi connectivity index (χ0n) is 32.0. The van der Waals surface area contributed by atoms with Crippen LogP contribution in [0, 0.1) is 5.41 Å². The fourth-order valence-electron chi connectivity index (χ4n) is 7.90. The Morgan fingerprint density at radius 3 is 2.33 bits per heavy atom. The maximum atomic E-state index is 13.3. The summed E-state index contributed by atoms with van der Waals surface area (Å²) in [4.78, 5) is 39.2. The first-order valence-corrected chi connectivity index (χ1v) is 19.7. The van der Waals surface area contributed by atoms with Crippen molar-refractivity contribution >= 4 is 17.9 Å². The summed E-state index contributed by atoms with van der Waals surface area (Å²) >= 11 is 0. The Morgan fingerprint density at radius 2 is 1.63 bits per heavy atom. The number of ether oxygens (including phenoxy) is 6. The van der Waals surface area contributed by atoms with Crippen LogP contribution in [0.4, 0.5) is 0 Å². The monoisotopic (exact) mass is 736 g/mol. The molecule has 0 radical (unpaired) electrons. The summed E-state index contributed by atoms with van der Waals surface area (Å²) in [7, 11) is 1.24. The highest BCUT2D eigenvalue weighted by Gasteiger charge is 2.57. The van der Waals surface area contributed by atoms with Crippen LogP contribution in [0.5, 0.6) is 0 Å². The fourth-order valence-corrected chi connectivity index (χ4v) is 7.90. The Balaban J connectivity index is 1.70. The van der Waals surface area contributed by atoms with Crippen LogP contribution in [0.1, 0.15) is 137 Å². The number of aliphatic hydroxyl groups excluding tert-OH is 2. The van der Waals surface area contributed by atoms with Crippen molar-refractivity contribution in [1.29, 1.82) is 0 Å². The molecule has 0 aromatic rings. The van der Waals surface area contributed by atoms with Gasteiger partial charge in [0.05, 0.1) is 56.3 Å². The van der Waals surface area contributed by atoms with E-state index in [2.05, 4.69) is 6.92 Å². The molecule has 0 aliphatic carbocycles. The summed E-state index contributed by atoms with van der Waals surface area (Å²) in [5.74, 6) is -4.12. The maximum Gasteiger partial charge on any atom is 0.330 e. The summed E-state index contributed by atoms with van der Waals surface area (Å²) in [5.41, 5.74) is -0.939. The molecular weight excluding hydrogens is 672 g/mol. The molecule has 12 heteroatoms. The first-order chi connectivity index (χ1) is 24.7. The summed E-state index contributed by atoms with van der Waals surface area (Å²) in [6, 6.07) is 0. The van der Waals surface area contributed by atoms with Crippen LogP contribution in [0.3, 0.4) is 0 Å². The van der Waals surface area contributed by atoms with E-state index in [0.717, 1.165) is 64.2 Å². The number of hydrogen-bond acceptors (Lipinski definition) is 12. The van der Waals surface area contributed by atoms with Crippen molar-refractivity contribution in [3.8, 4) is 0 Å². The SMILES string of the molecule is CCCCCCCC(=O)O[C@H]1/C(=C/C(=O)OC)C[C@H]2C[C@H]([C@@H](C)O)OC(=O)C[C@H](O)C[C@@H]3CCC[C@H](C[C@@H]4CCC[C@H](/C=C\C(C)(C)[C@]1(O)O2)O4)O3. The van der Waals surface area contributed by atoms with Crippen LogP contribution >= 0.6 is 0 Å². The molecule has 0 amide bonds. The van der Waals surface area contributed by atoms with Crippen molar-refractivity contribution in [2.75, 3.05) is 7.11 Å². The van der Waals surface area contributed by atoms with Gasteiger partial charge in [-0.2, -0.15) is 0 Å². The van der Waals surface area contributed by atoms with E-state index in [-0.39, 0.29) is 62.1 Å². The Hall–Kier alpha value is -2.35. The third kappa shape index (κ3) is 12.1. The van der Waals surface area contributed by atoms with Crippen LogP contribution < -0.4 is 0 Å². The molecule has 0 aromatic heterocycles. The lowest BCUT2D eigenvalue weighted by molar-refractivity contribution is -0.327.